The van der Waals surface area contributed by atoms with Crippen LogP contribution in [0.25, 0.3) is 0 Å². The maximum atomic E-state index is 13.3. The van der Waals surface area contributed by atoms with Gasteiger partial charge in [0, 0.05) is 50.2 Å². The molecule has 1 aromatic carbocycles. The normalized spacial score (nSPS) is 17.0. The molecule has 150 valence electrons. The monoisotopic (exact) mass is 394 g/mol. The quantitative estimate of drug-likeness (QED) is 0.791. The van der Waals surface area contributed by atoms with Gasteiger partial charge in [-0.25, -0.2) is 9.78 Å². The molecule has 1 aliphatic heterocycles. The minimum Gasteiger partial charge on any atom is -0.435 e. The van der Waals surface area contributed by atoms with Crippen molar-refractivity contribution in [2.45, 2.75) is 26.1 Å². The van der Waals surface area contributed by atoms with Gasteiger partial charge in [-0.05, 0) is 30.7 Å². The van der Waals surface area contributed by atoms with Crippen LogP contribution in [-0.4, -0.2) is 48.2 Å². The van der Waals surface area contributed by atoms with Gasteiger partial charge in [-0.2, -0.15) is 13.2 Å². The maximum Gasteiger partial charge on any atom is 0.387 e. The number of nitrogens with one attached hydrogen (secondary N) is 1. The maximum absolute atomic E-state index is 13.3. The first-order chi connectivity index (χ1) is 13.4. The van der Waals surface area contributed by atoms with Crippen LogP contribution in [0.2, 0.25) is 0 Å². The van der Waals surface area contributed by atoms with Gasteiger partial charge in [0.1, 0.15) is 5.75 Å². The summed E-state index contributed by atoms with van der Waals surface area (Å²) in [5, 5.41) is 2.80. The number of piperazine rings is 1. The molecule has 2 aromatic rings. The van der Waals surface area contributed by atoms with Crippen molar-refractivity contribution in [1.82, 2.24) is 15.2 Å². The molecule has 1 atom stereocenters. The standard InChI is InChI=1S/C19H21F3N4O2/c1-13-12-25(15-5-6-23-17(20)10-15)7-8-26(13)19(27)24-11-14-3-2-4-16(9-14)28-18(21)22/h2-6,9-10,13,18H,7-8,11-12H2,1H3,(H,24,27)/t13-/m1/s1. The van der Waals surface area contributed by atoms with E-state index >= 15 is 0 Å². The van der Waals surface area contributed by atoms with E-state index in [-0.39, 0.29) is 24.4 Å². The van der Waals surface area contributed by atoms with Crippen molar-refractivity contribution >= 4 is 11.7 Å². The predicted molar refractivity (Wildman–Crippen MR) is 97.9 cm³/mol. The van der Waals surface area contributed by atoms with Gasteiger partial charge < -0.3 is 19.9 Å². The minimum atomic E-state index is -2.89. The molecular formula is C19H21F3N4O2. The molecule has 0 saturated carbocycles. The third kappa shape index (κ3) is 5.05. The third-order valence-corrected chi connectivity index (χ3v) is 4.53. The van der Waals surface area contributed by atoms with Crippen LogP contribution < -0.4 is 15.0 Å². The summed E-state index contributed by atoms with van der Waals surface area (Å²) in [6, 6.07) is 8.99. The molecule has 1 N–H and O–H groups in total. The molecule has 0 spiro atoms. The van der Waals surface area contributed by atoms with Crippen LogP contribution in [0.3, 0.4) is 0 Å². The van der Waals surface area contributed by atoms with Crippen LogP contribution in [-0.2, 0) is 6.54 Å². The van der Waals surface area contributed by atoms with E-state index in [4.69, 9.17) is 0 Å². The number of ether oxygens (including phenoxy) is 1. The van der Waals surface area contributed by atoms with Gasteiger partial charge in [-0.1, -0.05) is 12.1 Å². The Morgan fingerprint density at radius 3 is 2.86 bits per heavy atom. The number of benzene rings is 1. The number of alkyl halides is 2. The number of hydrogen-bond donors (Lipinski definition) is 1. The van der Waals surface area contributed by atoms with Crippen molar-refractivity contribution < 1.29 is 22.7 Å². The van der Waals surface area contributed by atoms with E-state index < -0.39 is 12.6 Å². The summed E-state index contributed by atoms with van der Waals surface area (Å²) >= 11 is 0. The molecule has 3 rings (SSSR count). The molecule has 28 heavy (non-hydrogen) atoms. The van der Waals surface area contributed by atoms with Crippen molar-refractivity contribution in [3.63, 3.8) is 0 Å². The van der Waals surface area contributed by atoms with Crippen LogP contribution in [0.5, 0.6) is 5.75 Å². The first kappa shape index (κ1) is 19.8. The number of aromatic nitrogens is 1. The second kappa shape index (κ2) is 8.81. The van der Waals surface area contributed by atoms with Gasteiger partial charge in [0.2, 0.25) is 5.95 Å². The zero-order chi connectivity index (χ0) is 20.1. The van der Waals surface area contributed by atoms with E-state index in [9.17, 15) is 18.0 Å². The average molecular weight is 394 g/mol. The van der Waals surface area contributed by atoms with Crippen LogP contribution in [0.15, 0.2) is 42.6 Å². The predicted octanol–water partition coefficient (Wildman–Crippen LogP) is 3.24. The highest BCUT2D eigenvalue weighted by Gasteiger charge is 2.27. The summed E-state index contributed by atoms with van der Waals surface area (Å²) in [4.78, 5) is 19.8. The highest BCUT2D eigenvalue weighted by atomic mass is 19.3. The fraction of sp³-hybridized carbons (Fsp3) is 0.368. The number of nitrogens with zero attached hydrogens (tertiary/aromatic N) is 3. The Hall–Kier alpha value is -2.97. The lowest BCUT2D eigenvalue weighted by Gasteiger charge is -2.40. The molecule has 0 aliphatic carbocycles. The van der Waals surface area contributed by atoms with Crippen LogP contribution in [0.1, 0.15) is 12.5 Å². The molecule has 1 saturated heterocycles. The topological polar surface area (TPSA) is 57.7 Å². The Labute approximate surface area is 160 Å². The van der Waals surface area contributed by atoms with E-state index in [1.807, 2.05) is 11.8 Å². The van der Waals surface area contributed by atoms with Gasteiger partial charge in [-0.3, -0.25) is 0 Å². The van der Waals surface area contributed by atoms with Crippen molar-refractivity contribution in [3.05, 3.63) is 54.1 Å². The number of pyridine rings is 1. The van der Waals surface area contributed by atoms with Crippen molar-refractivity contribution in [2.24, 2.45) is 0 Å². The summed E-state index contributed by atoms with van der Waals surface area (Å²) in [6.07, 6.45) is 1.42. The first-order valence-electron chi connectivity index (χ1n) is 8.87. The summed E-state index contributed by atoms with van der Waals surface area (Å²) in [5.41, 5.74) is 1.39. The molecule has 2 amide bonds. The second-order valence-corrected chi connectivity index (χ2v) is 6.51. The van der Waals surface area contributed by atoms with E-state index in [0.717, 1.165) is 5.69 Å². The summed E-state index contributed by atoms with van der Waals surface area (Å²) in [7, 11) is 0. The molecule has 9 heteroatoms. The van der Waals surface area contributed by atoms with Crippen molar-refractivity contribution in [2.75, 3.05) is 24.5 Å². The minimum absolute atomic E-state index is 0.0494. The first-order valence-corrected chi connectivity index (χ1v) is 8.87. The molecule has 0 unspecified atom stereocenters. The van der Waals surface area contributed by atoms with Gasteiger partial charge in [0.25, 0.3) is 0 Å². The highest BCUT2D eigenvalue weighted by Crippen LogP contribution is 2.20. The van der Waals surface area contributed by atoms with Crippen LogP contribution in [0, 0.1) is 5.95 Å². The zero-order valence-corrected chi connectivity index (χ0v) is 15.3. The number of rotatable bonds is 5. The number of anilines is 1. The average Bonchev–Trinajstić information content (AvgIpc) is 2.66. The number of urea groups is 1. The van der Waals surface area contributed by atoms with Gasteiger partial charge in [-0.15, -0.1) is 0 Å². The fourth-order valence-electron chi connectivity index (χ4n) is 3.19. The number of carbonyl (C=O) groups excluding carboxylic acids is 1. The lowest BCUT2D eigenvalue weighted by molar-refractivity contribution is -0.0498. The number of carbonyl (C=O) groups is 1. The molecule has 0 radical (unpaired) electrons. The SMILES string of the molecule is C[C@@H]1CN(c2ccnc(F)c2)CCN1C(=O)NCc1cccc(OC(F)F)c1. The Bertz CT molecular complexity index is 821. The number of hydrogen-bond acceptors (Lipinski definition) is 4. The zero-order valence-electron chi connectivity index (χ0n) is 15.3. The lowest BCUT2D eigenvalue weighted by atomic mass is 10.1. The Kier molecular flexibility index (Phi) is 6.23. The molecule has 0 bridgehead atoms. The second-order valence-electron chi connectivity index (χ2n) is 6.51. The van der Waals surface area contributed by atoms with Crippen LogP contribution >= 0.6 is 0 Å². The van der Waals surface area contributed by atoms with E-state index in [0.29, 0.717) is 25.2 Å². The van der Waals surface area contributed by atoms with E-state index in [1.165, 1.54) is 24.4 Å². The van der Waals surface area contributed by atoms with E-state index in [2.05, 4.69) is 15.0 Å². The van der Waals surface area contributed by atoms with Gasteiger partial charge >= 0.3 is 12.6 Å². The summed E-state index contributed by atoms with van der Waals surface area (Å²) < 4.78 is 42.3. The largest absolute Gasteiger partial charge is 0.435 e. The van der Waals surface area contributed by atoms with E-state index in [1.54, 1.807) is 23.1 Å². The molecule has 1 aromatic heterocycles. The smallest absolute Gasteiger partial charge is 0.387 e. The summed E-state index contributed by atoms with van der Waals surface area (Å²) in [6.45, 7) is 0.831. The number of amides is 2. The molecular weight excluding hydrogens is 373 g/mol. The Balaban J connectivity index is 1.54. The Morgan fingerprint density at radius 2 is 2.14 bits per heavy atom. The van der Waals surface area contributed by atoms with Crippen molar-refractivity contribution in [1.29, 1.82) is 0 Å². The van der Waals surface area contributed by atoms with Crippen LogP contribution in [0.4, 0.5) is 23.7 Å². The highest BCUT2D eigenvalue weighted by molar-refractivity contribution is 5.75. The van der Waals surface area contributed by atoms with Crippen molar-refractivity contribution in [3.8, 4) is 5.75 Å². The summed E-state index contributed by atoms with van der Waals surface area (Å²) in [5.74, 6) is -0.489. The molecule has 1 fully saturated rings. The van der Waals surface area contributed by atoms with Gasteiger partial charge in [0.05, 0.1) is 0 Å². The molecule has 2 heterocycles. The lowest BCUT2D eigenvalue weighted by Crippen LogP contribution is -2.56. The molecule has 1 aliphatic rings. The number of halogens is 3. The third-order valence-electron chi connectivity index (χ3n) is 4.53. The van der Waals surface area contributed by atoms with Gasteiger partial charge in [0.15, 0.2) is 0 Å². The molecule has 6 nitrogen and oxygen atoms in total. The fourth-order valence-corrected chi connectivity index (χ4v) is 3.19. The Morgan fingerprint density at radius 1 is 1.32 bits per heavy atom.